The van der Waals surface area contributed by atoms with Crippen molar-refractivity contribution in [3.05, 3.63) is 35.6 Å². The van der Waals surface area contributed by atoms with Crippen LogP contribution in [0.1, 0.15) is 11.7 Å². The summed E-state index contributed by atoms with van der Waals surface area (Å²) in [5.74, 6) is -0.378. The van der Waals surface area contributed by atoms with Gasteiger partial charge in [-0.15, -0.1) is 0 Å². The highest BCUT2D eigenvalue weighted by atomic mass is 19.1. The third-order valence-electron chi connectivity index (χ3n) is 2.14. The highest BCUT2D eigenvalue weighted by molar-refractivity contribution is 5.77. The normalized spacial score (nSPS) is 21.8. The van der Waals surface area contributed by atoms with Crippen LogP contribution in [0.5, 0.6) is 0 Å². The minimum absolute atomic E-state index is 0.0715. The number of hydrogen-bond acceptors (Lipinski definition) is 2. The number of morpholine rings is 1. The molecule has 0 spiro atoms. The summed E-state index contributed by atoms with van der Waals surface area (Å²) in [6.07, 6.45) is -0.159. The molecule has 0 saturated carbocycles. The van der Waals surface area contributed by atoms with E-state index in [4.69, 9.17) is 4.74 Å². The average Bonchev–Trinajstić information content (AvgIpc) is 2.21. The van der Waals surface area contributed by atoms with Gasteiger partial charge < -0.3 is 10.1 Å². The van der Waals surface area contributed by atoms with Gasteiger partial charge in [-0.05, 0) is 17.7 Å². The summed E-state index contributed by atoms with van der Waals surface area (Å²) >= 11 is 0. The summed E-state index contributed by atoms with van der Waals surface area (Å²) < 4.78 is 17.9. The summed E-state index contributed by atoms with van der Waals surface area (Å²) in [4.78, 5) is 10.8. The van der Waals surface area contributed by atoms with Gasteiger partial charge >= 0.3 is 0 Å². The molecule has 1 aromatic carbocycles. The highest BCUT2D eigenvalue weighted by Crippen LogP contribution is 2.18. The van der Waals surface area contributed by atoms with Crippen LogP contribution < -0.4 is 5.32 Å². The van der Waals surface area contributed by atoms with E-state index in [1.165, 1.54) is 12.1 Å². The van der Waals surface area contributed by atoms with Crippen molar-refractivity contribution in [2.45, 2.75) is 6.10 Å². The maximum Gasteiger partial charge on any atom is 0.246 e. The molecule has 1 N–H and O–H groups in total. The van der Waals surface area contributed by atoms with Crippen LogP contribution in [0.4, 0.5) is 4.39 Å². The number of carbonyl (C=O) groups is 1. The van der Waals surface area contributed by atoms with Gasteiger partial charge in [0.2, 0.25) is 5.91 Å². The van der Waals surface area contributed by atoms with Crippen LogP contribution in [0.3, 0.4) is 0 Å². The van der Waals surface area contributed by atoms with Crippen molar-refractivity contribution in [2.75, 3.05) is 13.2 Å². The molecule has 0 aromatic heterocycles. The van der Waals surface area contributed by atoms with Crippen LogP contribution in [0.25, 0.3) is 0 Å². The Balaban J connectivity index is 2.08. The zero-order chi connectivity index (χ0) is 9.97. The van der Waals surface area contributed by atoms with Crippen LogP contribution in [0, 0.1) is 5.82 Å². The standard InChI is InChI=1S/C10H10FNO2/c11-8-3-1-7(2-4-8)9-5-12-10(13)6-14-9/h1-4,9H,5-6H2,(H,12,13). The highest BCUT2D eigenvalue weighted by Gasteiger charge is 2.19. The Morgan fingerprint density at radius 3 is 2.64 bits per heavy atom. The Hall–Kier alpha value is -1.42. The fourth-order valence-corrected chi connectivity index (χ4v) is 1.38. The van der Waals surface area contributed by atoms with Crippen LogP contribution in [0.15, 0.2) is 24.3 Å². The molecular formula is C10H10FNO2. The maximum atomic E-state index is 12.6. The van der Waals surface area contributed by atoms with E-state index < -0.39 is 0 Å². The van der Waals surface area contributed by atoms with Crippen LogP contribution in [0.2, 0.25) is 0 Å². The molecular weight excluding hydrogens is 185 g/mol. The Kier molecular flexibility index (Phi) is 2.45. The molecule has 14 heavy (non-hydrogen) atoms. The maximum absolute atomic E-state index is 12.6. The second-order valence-electron chi connectivity index (χ2n) is 3.16. The molecule has 0 aliphatic carbocycles. The molecule has 1 atom stereocenters. The van der Waals surface area contributed by atoms with E-state index in [-0.39, 0.29) is 24.4 Å². The summed E-state index contributed by atoms with van der Waals surface area (Å²) in [7, 11) is 0. The summed E-state index contributed by atoms with van der Waals surface area (Å²) in [6.45, 7) is 0.520. The Morgan fingerprint density at radius 2 is 2.07 bits per heavy atom. The van der Waals surface area contributed by atoms with Gasteiger partial charge in [0.1, 0.15) is 18.5 Å². The fourth-order valence-electron chi connectivity index (χ4n) is 1.38. The number of amides is 1. The van der Waals surface area contributed by atoms with Crippen molar-refractivity contribution in [3.8, 4) is 0 Å². The molecule has 1 saturated heterocycles. The van der Waals surface area contributed by atoms with E-state index in [1.54, 1.807) is 12.1 Å². The van der Waals surface area contributed by atoms with Gasteiger partial charge in [-0.1, -0.05) is 12.1 Å². The van der Waals surface area contributed by atoms with Crippen molar-refractivity contribution in [1.82, 2.24) is 5.32 Å². The van der Waals surface area contributed by atoms with Gasteiger partial charge in [-0.3, -0.25) is 4.79 Å². The Bertz CT molecular complexity index is 326. The second-order valence-corrected chi connectivity index (χ2v) is 3.16. The lowest BCUT2D eigenvalue weighted by atomic mass is 10.1. The zero-order valence-electron chi connectivity index (χ0n) is 7.50. The van der Waals surface area contributed by atoms with E-state index in [0.717, 1.165) is 5.56 Å². The lowest BCUT2D eigenvalue weighted by Gasteiger charge is -2.23. The van der Waals surface area contributed by atoms with E-state index in [2.05, 4.69) is 5.32 Å². The minimum atomic E-state index is -0.270. The third kappa shape index (κ3) is 1.90. The molecule has 1 aliphatic rings. The first-order valence-corrected chi connectivity index (χ1v) is 4.39. The minimum Gasteiger partial charge on any atom is -0.362 e. The van der Waals surface area contributed by atoms with Crippen molar-refractivity contribution in [3.63, 3.8) is 0 Å². The van der Waals surface area contributed by atoms with Crippen LogP contribution in [-0.2, 0) is 9.53 Å². The molecule has 1 aliphatic heterocycles. The van der Waals surface area contributed by atoms with E-state index in [0.29, 0.717) is 6.54 Å². The number of rotatable bonds is 1. The predicted molar refractivity (Wildman–Crippen MR) is 48.1 cm³/mol. The van der Waals surface area contributed by atoms with Gasteiger partial charge in [0.25, 0.3) is 0 Å². The number of hydrogen-bond donors (Lipinski definition) is 1. The van der Waals surface area contributed by atoms with Gasteiger partial charge in [0.15, 0.2) is 0 Å². The molecule has 1 unspecified atom stereocenters. The van der Waals surface area contributed by atoms with E-state index in [9.17, 15) is 9.18 Å². The lowest BCUT2D eigenvalue weighted by molar-refractivity contribution is -0.133. The van der Waals surface area contributed by atoms with Gasteiger partial charge in [0, 0.05) is 6.54 Å². The first-order valence-electron chi connectivity index (χ1n) is 4.39. The quantitative estimate of drug-likeness (QED) is 0.726. The first-order chi connectivity index (χ1) is 6.75. The summed E-state index contributed by atoms with van der Waals surface area (Å²) in [6, 6.07) is 6.10. The Labute approximate surface area is 80.9 Å². The van der Waals surface area contributed by atoms with E-state index >= 15 is 0 Å². The molecule has 4 heteroatoms. The van der Waals surface area contributed by atoms with Gasteiger partial charge in [-0.25, -0.2) is 4.39 Å². The molecule has 1 amide bonds. The van der Waals surface area contributed by atoms with Crippen LogP contribution >= 0.6 is 0 Å². The fraction of sp³-hybridized carbons (Fsp3) is 0.300. The predicted octanol–water partition coefficient (Wildman–Crippen LogP) is 1.01. The second kappa shape index (κ2) is 3.75. The van der Waals surface area contributed by atoms with Crippen LogP contribution in [-0.4, -0.2) is 19.1 Å². The summed E-state index contributed by atoms with van der Waals surface area (Å²) in [5, 5.41) is 2.69. The molecule has 0 bridgehead atoms. The molecule has 3 nitrogen and oxygen atoms in total. The molecule has 1 heterocycles. The van der Waals surface area contributed by atoms with Crippen molar-refractivity contribution >= 4 is 5.91 Å². The van der Waals surface area contributed by atoms with Gasteiger partial charge in [-0.2, -0.15) is 0 Å². The molecule has 2 rings (SSSR count). The smallest absolute Gasteiger partial charge is 0.246 e. The Morgan fingerprint density at radius 1 is 1.36 bits per heavy atom. The SMILES string of the molecule is O=C1COC(c2ccc(F)cc2)CN1. The zero-order valence-corrected chi connectivity index (χ0v) is 7.50. The number of halogens is 1. The number of carbonyl (C=O) groups excluding carboxylic acids is 1. The number of nitrogens with one attached hydrogen (secondary N) is 1. The van der Waals surface area contributed by atoms with Crippen molar-refractivity contribution < 1.29 is 13.9 Å². The molecule has 74 valence electrons. The average molecular weight is 195 g/mol. The number of ether oxygens (including phenoxy) is 1. The third-order valence-corrected chi connectivity index (χ3v) is 2.14. The van der Waals surface area contributed by atoms with Gasteiger partial charge in [0.05, 0.1) is 0 Å². The monoisotopic (exact) mass is 195 g/mol. The molecule has 1 aromatic rings. The molecule has 0 radical (unpaired) electrons. The topological polar surface area (TPSA) is 38.3 Å². The van der Waals surface area contributed by atoms with E-state index in [1.807, 2.05) is 0 Å². The first kappa shape index (κ1) is 9.15. The number of benzene rings is 1. The largest absolute Gasteiger partial charge is 0.362 e. The summed E-state index contributed by atoms with van der Waals surface area (Å²) in [5.41, 5.74) is 0.881. The lowest BCUT2D eigenvalue weighted by Crippen LogP contribution is -2.38. The van der Waals surface area contributed by atoms with Crippen molar-refractivity contribution in [2.24, 2.45) is 0 Å². The van der Waals surface area contributed by atoms with Crippen molar-refractivity contribution in [1.29, 1.82) is 0 Å². The molecule has 1 fully saturated rings.